The fourth-order valence-electron chi connectivity index (χ4n) is 1.35. The van der Waals surface area contributed by atoms with Crippen molar-refractivity contribution in [3.63, 3.8) is 0 Å². The van der Waals surface area contributed by atoms with Crippen LogP contribution in [0.5, 0.6) is 0 Å². The van der Waals surface area contributed by atoms with Gasteiger partial charge in [0.25, 0.3) is 0 Å². The van der Waals surface area contributed by atoms with Crippen molar-refractivity contribution >= 4 is 7.85 Å². The van der Waals surface area contributed by atoms with Gasteiger partial charge in [0.05, 0.1) is 7.85 Å². The average molecular weight is 158 g/mol. The molecule has 1 aromatic rings. The molecule has 1 heteroatoms. The highest BCUT2D eigenvalue weighted by atomic mass is 14.1. The van der Waals surface area contributed by atoms with E-state index < -0.39 is 0 Å². The Kier molecular flexibility index (Phi) is 2.32. The van der Waals surface area contributed by atoms with Crippen molar-refractivity contribution in [2.75, 3.05) is 0 Å². The van der Waals surface area contributed by atoms with E-state index in [0.717, 1.165) is 0 Å². The summed E-state index contributed by atoms with van der Waals surface area (Å²) >= 11 is 0. The van der Waals surface area contributed by atoms with Gasteiger partial charge in [-0.3, -0.25) is 0 Å². The van der Waals surface area contributed by atoms with Crippen LogP contribution in [0.2, 0.25) is 0 Å². The molecule has 0 N–H and O–H groups in total. The van der Waals surface area contributed by atoms with Crippen molar-refractivity contribution in [1.29, 1.82) is 0 Å². The van der Waals surface area contributed by atoms with Gasteiger partial charge < -0.3 is 0 Å². The van der Waals surface area contributed by atoms with Gasteiger partial charge in [-0.2, -0.15) is 0 Å². The predicted octanol–water partition coefficient (Wildman–Crippen LogP) is 2.71. The Morgan fingerprint density at radius 3 is 1.75 bits per heavy atom. The van der Waals surface area contributed by atoms with Gasteiger partial charge in [0.15, 0.2) is 0 Å². The monoisotopic (exact) mass is 158 g/mol. The molecule has 2 radical (unpaired) electrons. The smallest absolute Gasteiger partial charge is 0.0639 e. The number of hydrogen-bond donors (Lipinski definition) is 0. The molecule has 0 aliphatic rings. The van der Waals surface area contributed by atoms with Crippen molar-refractivity contribution in [1.82, 2.24) is 0 Å². The van der Waals surface area contributed by atoms with Crippen molar-refractivity contribution in [3.8, 4) is 0 Å². The second-order valence-corrected chi connectivity index (χ2v) is 4.10. The van der Waals surface area contributed by atoms with Crippen LogP contribution in [0.25, 0.3) is 0 Å². The van der Waals surface area contributed by atoms with Gasteiger partial charge in [0.1, 0.15) is 0 Å². The zero-order valence-corrected chi connectivity index (χ0v) is 8.31. The molecule has 0 aliphatic carbocycles. The SMILES string of the molecule is [B]C(C)(C)c1cc(C)cc(C)c1. The van der Waals surface area contributed by atoms with Crippen LogP contribution >= 0.6 is 0 Å². The van der Waals surface area contributed by atoms with Gasteiger partial charge in [0.2, 0.25) is 0 Å². The van der Waals surface area contributed by atoms with Crippen molar-refractivity contribution in [3.05, 3.63) is 34.9 Å². The molecular weight excluding hydrogens is 143 g/mol. The van der Waals surface area contributed by atoms with Gasteiger partial charge >= 0.3 is 0 Å². The summed E-state index contributed by atoms with van der Waals surface area (Å²) in [7, 11) is 5.99. The molecule has 1 aromatic carbocycles. The fraction of sp³-hybridized carbons (Fsp3) is 0.455. The lowest BCUT2D eigenvalue weighted by Gasteiger charge is -2.20. The van der Waals surface area contributed by atoms with E-state index in [9.17, 15) is 0 Å². The minimum Gasteiger partial charge on any atom is -0.0639 e. The van der Waals surface area contributed by atoms with E-state index in [0.29, 0.717) is 0 Å². The molecule has 62 valence electrons. The highest BCUT2D eigenvalue weighted by molar-refractivity contribution is 6.15. The summed E-state index contributed by atoms with van der Waals surface area (Å²) in [5.41, 5.74) is 3.77. The summed E-state index contributed by atoms with van der Waals surface area (Å²) in [6, 6.07) is 6.45. The topological polar surface area (TPSA) is 0 Å². The third kappa shape index (κ3) is 2.13. The Bertz CT molecular complexity index is 261. The second kappa shape index (κ2) is 2.97. The molecule has 0 spiro atoms. The second-order valence-electron chi connectivity index (χ2n) is 4.10. The van der Waals surface area contributed by atoms with Gasteiger partial charge in [-0.25, -0.2) is 0 Å². The summed E-state index contributed by atoms with van der Waals surface area (Å²) in [6.45, 7) is 8.26. The fourth-order valence-corrected chi connectivity index (χ4v) is 1.35. The first-order valence-electron chi connectivity index (χ1n) is 4.27. The summed E-state index contributed by atoms with van der Waals surface area (Å²) in [6.07, 6.45) is 0. The molecule has 0 nitrogen and oxygen atoms in total. The molecule has 0 aromatic heterocycles. The predicted molar refractivity (Wildman–Crippen MR) is 54.7 cm³/mol. The van der Waals surface area contributed by atoms with Crippen molar-refractivity contribution in [2.45, 2.75) is 33.0 Å². The average Bonchev–Trinajstić information content (AvgIpc) is 1.82. The molecule has 0 unspecified atom stereocenters. The maximum absolute atomic E-state index is 5.99. The van der Waals surface area contributed by atoms with E-state index in [-0.39, 0.29) is 5.31 Å². The number of hydrogen-bond acceptors (Lipinski definition) is 0. The third-order valence-corrected chi connectivity index (χ3v) is 1.97. The lowest BCUT2D eigenvalue weighted by Crippen LogP contribution is -2.16. The van der Waals surface area contributed by atoms with Gasteiger partial charge in [-0.15, -0.1) is 0 Å². The van der Waals surface area contributed by atoms with Crippen LogP contribution in [0.3, 0.4) is 0 Å². The van der Waals surface area contributed by atoms with Gasteiger partial charge in [-0.05, 0) is 19.2 Å². The Hall–Kier alpha value is -0.715. The van der Waals surface area contributed by atoms with Crippen LogP contribution in [-0.2, 0) is 5.31 Å². The minimum atomic E-state index is -0.225. The van der Waals surface area contributed by atoms with E-state index >= 15 is 0 Å². The molecule has 0 saturated carbocycles. The first-order chi connectivity index (χ1) is 5.39. The van der Waals surface area contributed by atoms with Gasteiger partial charge in [0, 0.05) is 0 Å². The standard InChI is InChI=1S/C11H15B/c1-8-5-9(2)7-10(6-8)11(3,4)12/h5-7H,1-4H3. The van der Waals surface area contributed by atoms with Crippen LogP contribution in [0.1, 0.15) is 30.5 Å². The summed E-state index contributed by atoms with van der Waals surface area (Å²) in [5, 5.41) is -0.225. The third-order valence-electron chi connectivity index (χ3n) is 1.97. The molecule has 0 saturated heterocycles. The van der Waals surface area contributed by atoms with E-state index in [2.05, 4.69) is 32.0 Å². The minimum absolute atomic E-state index is 0.225. The van der Waals surface area contributed by atoms with E-state index in [1.165, 1.54) is 16.7 Å². The zero-order chi connectivity index (χ0) is 9.35. The first kappa shape index (κ1) is 9.37. The summed E-state index contributed by atoms with van der Waals surface area (Å²) in [5.74, 6) is 0. The Morgan fingerprint density at radius 2 is 1.42 bits per heavy atom. The highest BCUT2D eigenvalue weighted by Crippen LogP contribution is 2.21. The quantitative estimate of drug-likeness (QED) is 0.551. The van der Waals surface area contributed by atoms with Crippen LogP contribution in [0, 0.1) is 13.8 Å². The lowest BCUT2D eigenvalue weighted by molar-refractivity contribution is 0.762. The molecule has 0 atom stereocenters. The van der Waals surface area contributed by atoms with E-state index in [1.807, 2.05) is 13.8 Å². The van der Waals surface area contributed by atoms with Crippen LogP contribution in [0.15, 0.2) is 18.2 Å². The van der Waals surface area contributed by atoms with Crippen LogP contribution in [-0.4, -0.2) is 7.85 Å². The molecule has 1 rings (SSSR count). The zero-order valence-electron chi connectivity index (χ0n) is 8.31. The molecule has 0 bridgehead atoms. The van der Waals surface area contributed by atoms with Crippen molar-refractivity contribution < 1.29 is 0 Å². The lowest BCUT2D eigenvalue weighted by atomic mass is 9.67. The highest BCUT2D eigenvalue weighted by Gasteiger charge is 2.12. The molecule has 0 amide bonds. The van der Waals surface area contributed by atoms with E-state index in [1.54, 1.807) is 0 Å². The van der Waals surface area contributed by atoms with Crippen molar-refractivity contribution in [2.24, 2.45) is 0 Å². The van der Waals surface area contributed by atoms with Crippen LogP contribution in [0.4, 0.5) is 0 Å². The maximum Gasteiger partial charge on any atom is 0.0802 e. The first-order valence-corrected chi connectivity index (χ1v) is 4.27. The molecular formula is C11H15B. The Labute approximate surface area is 76.4 Å². The molecule has 12 heavy (non-hydrogen) atoms. The Balaban J connectivity index is 3.18. The van der Waals surface area contributed by atoms with E-state index in [4.69, 9.17) is 7.85 Å². The van der Waals surface area contributed by atoms with Crippen LogP contribution < -0.4 is 0 Å². The summed E-state index contributed by atoms with van der Waals surface area (Å²) in [4.78, 5) is 0. The van der Waals surface area contributed by atoms with Gasteiger partial charge in [-0.1, -0.05) is 48.7 Å². The molecule has 0 aliphatic heterocycles. The number of benzene rings is 1. The number of aryl methyl sites for hydroxylation is 2. The summed E-state index contributed by atoms with van der Waals surface area (Å²) < 4.78 is 0. The largest absolute Gasteiger partial charge is 0.0802 e. The normalized spacial score (nSPS) is 11.7. The maximum atomic E-state index is 5.99. The molecule has 0 fully saturated rings. The molecule has 0 heterocycles. The Morgan fingerprint density at radius 1 is 1.00 bits per heavy atom. The number of rotatable bonds is 1.